The summed E-state index contributed by atoms with van der Waals surface area (Å²) in [5, 5.41) is 18.9. The van der Waals surface area contributed by atoms with Crippen LogP contribution >= 0.6 is 15.9 Å². The van der Waals surface area contributed by atoms with Crippen LogP contribution in [0.1, 0.15) is 12.5 Å². The van der Waals surface area contributed by atoms with Crippen LogP contribution in [0.5, 0.6) is 11.5 Å². The highest BCUT2D eigenvalue weighted by Crippen LogP contribution is 2.36. The Bertz CT molecular complexity index is 520. The Hall–Kier alpha value is -1.27. The Kier molecular flexibility index (Phi) is 4.55. The monoisotopic (exact) mass is 343 g/mol. The number of benzene rings is 1. The van der Waals surface area contributed by atoms with Crippen molar-refractivity contribution < 1.29 is 19.7 Å². The van der Waals surface area contributed by atoms with Gasteiger partial charge in [0.15, 0.2) is 11.5 Å². The molecule has 0 unspecified atom stereocenters. The molecule has 2 atom stereocenters. The minimum Gasteiger partial charge on any atom is -0.503 e. The largest absolute Gasteiger partial charge is 0.503 e. The molecule has 6 heteroatoms. The number of aromatic hydroxyl groups is 1. The number of aliphatic carboxylic acids is 1. The fourth-order valence-corrected chi connectivity index (χ4v) is 3.14. The van der Waals surface area contributed by atoms with Crippen molar-refractivity contribution in [3.8, 4) is 11.5 Å². The number of ether oxygens (including phenoxy) is 1. The lowest BCUT2D eigenvalue weighted by molar-refractivity contribution is -0.142. The smallest absolute Gasteiger partial charge is 0.308 e. The van der Waals surface area contributed by atoms with Gasteiger partial charge in [-0.3, -0.25) is 9.69 Å². The van der Waals surface area contributed by atoms with Gasteiger partial charge in [-0.05, 0) is 39.5 Å². The summed E-state index contributed by atoms with van der Waals surface area (Å²) in [7, 11) is 1.50. The average Bonchev–Trinajstić information content (AvgIpc) is 2.74. The number of carbonyl (C=O) groups is 1. The lowest BCUT2D eigenvalue weighted by Crippen LogP contribution is -2.23. The van der Waals surface area contributed by atoms with Gasteiger partial charge in [-0.1, -0.05) is 6.92 Å². The van der Waals surface area contributed by atoms with Crippen molar-refractivity contribution in [1.82, 2.24) is 4.90 Å². The molecule has 20 heavy (non-hydrogen) atoms. The van der Waals surface area contributed by atoms with E-state index in [0.717, 1.165) is 12.1 Å². The van der Waals surface area contributed by atoms with Crippen LogP contribution in [0.25, 0.3) is 0 Å². The second-order valence-corrected chi connectivity index (χ2v) is 6.10. The van der Waals surface area contributed by atoms with Gasteiger partial charge in [-0.2, -0.15) is 0 Å². The van der Waals surface area contributed by atoms with Crippen molar-refractivity contribution in [1.29, 1.82) is 0 Å². The fraction of sp³-hybridized carbons (Fsp3) is 0.500. The van der Waals surface area contributed by atoms with Crippen LogP contribution in [0.2, 0.25) is 0 Å². The van der Waals surface area contributed by atoms with Crippen LogP contribution < -0.4 is 4.74 Å². The van der Waals surface area contributed by atoms with E-state index in [0.29, 0.717) is 23.3 Å². The van der Waals surface area contributed by atoms with Crippen LogP contribution in [-0.2, 0) is 11.3 Å². The van der Waals surface area contributed by atoms with Crippen LogP contribution in [0.15, 0.2) is 16.6 Å². The molecule has 0 aromatic heterocycles. The van der Waals surface area contributed by atoms with Gasteiger partial charge in [-0.15, -0.1) is 0 Å². The first-order chi connectivity index (χ1) is 9.42. The molecular weight excluding hydrogens is 326 g/mol. The number of rotatable bonds is 4. The molecule has 0 saturated carbocycles. The SMILES string of the molecule is COc1cc(CN2C[C@@H](C)[C@H](C(=O)O)C2)cc(Br)c1O. The summed E-state index contributed by atoms with van der Waals surface area (Å²) in [5.41, 5.74) is 0.977. The predicted molar refractivity (Wildman–Crippen MR) is 77.9 cm³/mol. The van der Waals surface area contributed by atoms with E-state index in [-0.39, 0.29) is 17.6 Å². The summed E-state index contributed by atoms with van der Waals surface area (Å²) in [6, 6.07) is 3.61. The first kappa shape index (κ1) is 15.1. The van der Waals surface area contributed by atoms with Crippen molar-refractivity contribution in [2.24, 2.45) is 11.8 Å². The minimum atomic E-state index is -0.732. The van der Waals surface area contributed by atoms with E-state index < -0.39 is 5.97 Å². The molecule has 1 aliphatic heterocycles. The number of carboxylic acids is 1. The lowest BCUT2D eigenvalue weighted by atomic mass is 9.99. The molecule has 1 saturated heterocycles. The maximum Gasteiger partial charge on any atom is 0.308 e. The maximum absolute atomic E-state index is 11.1. The molecule has 1 aromatic carbocycles. The topological polar surface area (TPSA) is 70.0 Å². The average molecular weight is 344 g/mol. The predicted octanol–water partition coefficient (Wildman–Crippen LogP) is 2.32. The number of methoxy groups -OCH3 is 1. The Morgan fingerprint density at radius 3 is 2.75 bits per heavy atom. The number of likely N-dealkylation sites (tertiary alicyclic amines) is 1. The van der Waals surface area contributed by atoms with E-state index in [4.69, 9.17) is 9.84 Å². The van der Waals surface area contributed by atoms with Gasteiger partial charge in [0.25, 0.3) is 0 Å². The molecule has 2 rings (SSSR count). The summed E-state index contributed by atoms with van der Waals surface area (Å²) in [6.45, 7) is 3.92. The number of halogens is 1. The quantitative estimate of drug-likeness (QED) is 0.877. The normalized spacial score (nSPS) is 22.9. The molecule has 1 aromatic rings. The van der Waals surface area contributed by atoms with Crippen LogP contribution in [0.3, 0.4) is 0 Å². The molecule has 0 aliphatic carbocycles. The third-order valence-electron chi connectivity index (χ3n) is 3.72. The van der Waals surface area contributed by atoms with E-state index in [1.807, 2.05) is 13.0 Å². The Balaban J connectivity index is 2.12. The second-order valence-electron chi connectivity index (χ2n) is 5.24. The maximum atomic E-state index is 11.1. The molecule has 1 aliphatic rings. The zero-order chi connectivity index (χ0) is 14.9. The molecular formula is C14H18BrNO4. The summed E-state index contributed by atoms with van der Waals surface area (Å²) in [6.07, 6.45) is 0. The highest BCUT2D eigenvalue weighted by atomic mass is 79.9. The van der Waals surface area contributed by atoms with E-state index in [1.54, 1.807) is 6.07 Å². The van der Waals surface area contributed by atoms with Gasteiger partial charge in [0.05, 0.1) is 17.5 Å². The third kappa shape index (κ3) is 3.07. The van der Waals surface area contributed by atoms with Crippen LogP contribution in [0, 0.1) is 11.8 Å². The lowest BCUT2D eigenvalue weighted by Gasteiger charge is -2.16. The number of hydrogen-bond acceptors (Lipinski definition) is 4. The third-order valence-corrected chi connectivity index (χ3v) is 4.32. The van der Waals surface area contributed by atoms with Crippen molar-refractivity contribution in [2.75, 3.05) is 20.2 Å². The van der Waals surface area contributed by atoms with Gasteiger partial charge in [0.2, 0.25) is 0 Å². The van der Waals surface area contributed by atoms with Gasteiger partial charge >= 0.3 is 5.97 Å². The molecule has 110 valence electrons. The first-order valence-corrected chi connectivity index (χ1v) is 7.22. The Labute approximate surface area is 126 Å². The Morgan fingerprint density at radius 2 is 2.20 bits per heavy atom. The molecule has 2 N–H and O–H groups in total. The molecule has 0 bridgehead atoms. The number of hydrogen-bond donors (Lipinski definition) is 2. The molecule has 0 radical (unpaired) electrons. The summed E-state index contributed by atoms with van der Waals surface area (Å²) in [4.78, 5) is 13.2. The highest BCUT2D eigenvalue weighted by molar-refractivity contribution is 9.10. The number of phenols is 1. The number of phenolic OH excluding ortho intramolecular Hbond substituents is 1. The minimum absolute atomic E-state index is 0.0782. The van der Waals surface area contributed by atoms with E-state index >= 15 is 0 Å². The standard InChI is InChI=1S/C14H18BrNO4/c1-8-5-16(7-10(8)14(18)19)6-9-3-11(15)13(17)12(4-9)20-2/h3-4,8,10,17H,5-7H2,1-2H3,(H,18,19)/t8-,10-/m1/s1. The van der Waals surface area contributed by atoms with Crippen molar-refractivity contribution >= 4 is 21.9 Å². The first-order valence-electron chi connectivity index (χ1n) is 6.43. The van der Waals surface area contributed by atoms with Crippen LogP contribution in [0.4, 0.5) is 0 Å². The molecule has 0 spiro atoms. The van der Waals surface area contributed by atoms with E-state index in [2.05, 4.69) is 20.8 Å². The van der Waals surface area contributed by atoms with Gasteiger partial charge < -0.3 is 14.9 Å². The van der Waals surface area contributed by atoms with Crippen molar-refractivity contribution in [3.05, 3.63) is 22.2 Å². The molecule has 0 amide bonds. The molecule has 5 nitrogen and oxygen atoms in total. The second kappa shape index (κ2) is 6.01. The van der Waals surface area contributed by atoms with E-state index in [1.165, 1.54) is 7.11 Å². The summed E-state index contributed by atoms with van der Waals surface area (Å²) < 4.78 is 5.70. The van der Waals surface area contributed by atoms with Gasteiger partial charge in [-0.25, -0.2) is 0 Å². The van der Waals surface area contributed by atoms with E-state index in [9.17, 15) is 9.90 Å². The van der Waals surface area contributed by atoms with Crippen LogP contribution in [-0.4, -0.2) is 41.3 Å². The molecule has 1 heterocycles. The fourth-order valence-electron chi connectivity index (χ4n) is 2.65. The Morgan fingerprint density at radius 1 is 1.50 bits per heavy atom. The molecule has 1 fully saturated rings. The number of carboxylic acid groups (broad SMARTS) is 1. The van der Waals surface area contributed by atoms with Crippen molar-refractivity contribution in [3.63, 3.8) is 0 Å². The summed E-state index contributed by atoms with van der Waals surface area (Å²) >= 11 is 3.29. The van der Waals surface area contributed by atoms with Gasteiger partial charge in [0.1, 0.15) is 0 Å². The van der Waals surface area contributed by atoms with Crippen molar-refractivity contribution in [2.45, 2.75) is 13.5 Å². The zero-order valence-corrected chi connectivity index (χ0v) is 13.1. The summed E-state index contributed by atoms with van der Waals surface area (Å²) in [5.74, 6) is -0.400. The highest BCUT2D eigenvalue weighted by Gasteiger charge is 2.34. The number of nitrogens with zero attached hydrogens (tertiary/aromatic N) is 1. The van der Waals surface area contributed by atoms with Gasteiger partial charge in [0, 0.05) is 19.6 Å². The zero-order valence-electron chi connectivity index (χ0n) is 11.5.